The second kappa shape index (κ2) is 6.47. The van der Waals surface area contributed by atoms with E-state index < -0.39 is 0 Å². The molecule has 0 amide bonds. The Labute approximate surface area is 129 Å². The quantitative estimate of drug-likeness (QED) is 0.867. The van der Waals surface area contributed by atoms with E-state index in [0.29, 0.717) is 12.1 Å². The Morgan fingerprint density at radius 2 is 1.95 bits per heavy atom. The van der Waals surface area contributed by atoms with Crippen molar-refractivity contribution in [2.45, 2.75) is 50.4 Å². The van der Waals surface area contributed by atoms with Gasteiger partial charge in [-0.1, -0.05) is 30.3 Å². The third kappa shape index (κ3) is 3.65. The summed E-state index contributed by atoms with van der Waals surface area (Å²) in [6.45, 7) is 4.66. The lowest BCUT2D eigenvalue weighted by Gasteiger charge is -2.27. The lowest BCUT2D eigenvalue weighted by atomic mass is 10.1. The molecule has 1 aromatic rings. The summed E-state index contributed by atoms with van der Waals surface area (Å²) in [4.78, 5) is 5.03. The molecule has 1 aromatic carbocycles. The maximum Gasteiger partial charge on any atom is 0.0466 e. The molecule has 1 saturated heterocycles. The van der Waals surface area contributed by atoms with Crippen molar-refractivity contribution in [3.8, 4) is 0 Å². The van der Waals surface area contributed by atoms with Gasteiger partial charge in [0.1, 0.15) is 0 Å². The molecule has 2 aliphatic rings. The zero-order valence-electron chi connectivity index (χ0n) is 13.6. The first-order valence-corrected chi connectivity index (χ1v) is 8.35. The van der Waals surface area contributed by atoms with E-state index in [9.17, 15) is 0 Å². The van der Waals surface area contributed by atoms with Gasteiger partial charge in [-0.15, -0.1) is 0 Å². The first kappa shape index (κ1) is 15.0. The minimum Gasteiger partial charge on any atom is -0.311 e. The first-order chi connectivity index (χ1) is 10.1. The molecule has 0 aromatic heterocycles. The molecule has 2 fully saturated rings. The molecule has 0 radical (unpaired) electrons. The second-order valence-corrected chi connectivity index (χ2v) is 7.01. The number of hydrogen-bond donors (Lipinski definition) is 1. The molecule has 0 bridgehead atoms. The van der Waals surface area contributed by atoms with Crippen LogP contribution in [0.5, 0.6) is 0 Å². The summed E-state index contributed by atoms with van der Waals surface area (Å²) >= 11 is 0. The van der Waals surface area contributed by atoms with Gasteiger partial charge in [0.2, 0.25) is 0 Å². The summed E-state index contributed by atoms with van der Waals surface area (Å²) in [5.41, 5.74) is 1.40. The van der Waals surface area contributed by atoms with Crippen LogP contribution in [0.3, 0.4) is 0 Å². The minimum absolute atomic E-state index is 0.455. The van der Waals surface area contributed by atoms with Gasteiger partial charge in [0.05, 0.1) is 0 Å². The lowest BCUT2D eigenvalue weighted by molar-refractivity contribution is 0.250. The van der Waals surface area contributed by atoms with Crippen molar-refractivity contribution in [1.29, 1.82) is 0 Å². The molecule has 21 heavy (non-hydrogen) atoms. The highest BCUT2D eigenvalue weighted by atomic mass is 15.3. The van der Waals surface area contributed by atoms with Gasteiger partial charge < -0.3 is 10.2 Å². The number of likely N-dealkylation sites (N-methyl/N-ethyl adjacent to an activating group) is 1. The SMILES string of the molecule is CC1CC(NCC(c2ccccc2)N(C)C)CN1C1CC1. The number of rotatable bonds is 6. The zero-order valence-corrected chi connectivity index (χ0v) is 13.6. The Kier molecular flexibility index (Phi) is 4.63. The fourth-order valence-electron chi connectivity index (χ4n) is 3.67. The predicted octanol–water partition coefficient (Wildman–Crippen LogP) is 2.50. The average molecular weight is 287 g/mol. The Morgan fingerprint density at radius 3 is 2.57 bits per heavy atom. The number of hydrogen-bond acceptors (Lipinski definition) is 3. The van der Waals surface area contributed by atoms with E-state index >= 15 is 0 Å². The maximum atomic E-state index is 3.82. The summed E-state index contributed by atoms with van der Waals surface area (Å²) in [5, 5.41) is 3.82. The van der Waals surface area contributed by atoms with Gasteiger partial charge in [0, 0.05) is 37.3 Å². The fraction of sp³-hybridized carbons (Fsp3) is 0.667. The van der Waals surface area contributed by atoms with Crippen LogP contribution in [0, 0.1) is 0 Å². The van der Waals surface area contributed by atoms with Crippen molar-refractivity contribution in [2.24, 2.45) is 0 Å². The Bertz CT molecular complexity index is 441. The van der Waals surface area contributed by atoms with Crippen molar-refractivity contribution in [3.63, 3.8) is 0 Å². The van der Waals surface area contributed by atoms with Crippen LogP contribution >= 0.6 is 0 Å². The van der Waals surface area contributed by atoms with Crippen LogP contribution in [0.25, 0.3) is 0 Å². The molecule has 116 valence electrons. The molecule has 1 N–H and O–H groups in total. The first-order valence-electron chi connectivity index (χ1n) is 8.35. The average Bonchev–Trinajstić information content (AvgIpc) is 3.24. The highest BCUT2D eigenvalue weighted by Gasteiger charge is 2.38. The molecule has 3 heteroatoms. The van der Waals surface area contributed by atoms with E-state index in [-0.39, 0.29) is 0 Å². The Morgan fingerprint density at radius 1 is 1.24 bits per heavy atom. The molecule has 3 rings (SSSR count). The van der Waals surface area contributed by atoms with Gasteiger partial charge in [-0.25, -0.2) is 0 Å². The molecule has 0 spiro atoms. The van der Waals surface area contributed by atoms with E-state index in [1.165, 1.54) is 31.4 Å². The summed E-state index contributed by atoms with van der Waals surface area (Å²) in [5.74, 6) is 0. The molecule has 1 aliphatic carbocycles. The van der Waals surface area contributed by atoms with Crippen LogP contribution in [-0.2, 0) is 0 Å². The van der Waals surface area contributed by atoms with E-state index in [1.54, 1.807) is 0 Å². The largest absolute Gasteiger partial charge is 0.311 e. The van der Waals surface area contributed by atoms with E-state index in [1.807, 2.05) is 0 Å². The van der Waals surface area contributed by atoms with Gasteiger partial charge in [0.15, 0.2) is 0 Å². The fourth-order valence-corrected chi connectivity index (χ4v) is 3.67. The van der Waals surface area contributed by atoms with E-state index in [4.69, 9.17) is 0 Å². The summed E-state index contributed by atoms with van der Waals surface area (Å²) < 4.78 is 0. The van der Waals surface area contributed by atoms with Crippen LogP contribution in [-0.4, -0.2) is 55.1 Å². The van der Waals surface area contributed by atoms with E-state index in [2.05, 4.69) is 66.5 Å². The summed E-state index contributed by atoms with van der Waals surface area (Å²) in [6.07, 6.45) is 4.13. The van der Waals surface area contributed by atoms with Crippen LogP contribution in [0.15, 0.2) is 30.3 Å². The summed E-state index contributed by atoms with van der Waals surface area (Å²) in [7, 11) is 4.35. The normalized spacial score (nSPS) is 28.2. The van der Waals surface area contributed by atoms with Crippen molar-refractivity contribution in [3.05, 3.63) is 35.9 Å². The Hall–Kier alpha value is -0.900. The molecule has 1 aliphatic heterocycles. The van der Waals surface area contributed by atoms with E-state index in [0.717, 1.165) is 18.6 Å². The monoisotopic (exact) mass is 287 g/mol. The standard InChI is InChI=1S/C18H29N3/c1-14-11-16(13-21(14)17-9-10-17)19-12-18(20(2)3)15-7-5-4-6-8-15/h4-8,14,16-19H,9-13H2,1-3H3. The Balaban J connectivity index is 1.55. The molecule has 1 heterocycles. The third-order valence-corrected chi connectivity index (χ3v) is 5.05. The maximum absolute atomic E-state index is 3.82. The molecule has 1 saturated carbocycles. The van der Waals surface area contributed by atoms with Crippen LogP contribution in [0.2, 0.25) is 0 Å². The smallest absolute Gasteiger partial charge is 0.0466 e. The van der Waals surface area contributed by atoms with Crippen molar-refractivity contribution < 1.29 is 0 Å². The van der Waals surface area contributed by atoms with Crippen LogP contribution in [0.1, 0.15) is 37.8 Å². The van der Waals surface area contributed by atoms with Crippen molar-refractivity contribution >= 4 is 0 Å². The second-order valence-electron chi connectivity index (χ2n) is 7.01. The third-order valence-electron chi connectivity index (χ3n) is 5.05. The highest BCUT2D eigenvalue weighted by molar-refractivity contribution is 5.19. The zero-order chi connectivity index (χ0) is 14.8. The number of likely N-dealkylation sites (tertiary alicyclic amines) is 1. The minimum atomic E-state index is 0.455. The summed E-state index contributed by atoms with van der Waals surface area (Å²) in [6, 6.07) is 13.6. The van der Waals surface area contributed by atoms with Gasteiger partial charge in [-0.2, -0.15) is 0 Å². The predicted molar refractivity (Wildman–Crippen MR) is 88.5 cm³/mol. The van der Waals surface area contributed by atoms with Gasteiger partial charge >= 0.3 is 0 Å². The molecule has 3 nitrogen and oxygen atoms in total. The lowest BCUT2D eigenvalue weighted by Crippen LogP contribution is -2.39. The topological polar surface area (TPSA) is 18.5 Å². The number of benzene rings is 1. The van der Waals surface area contributed by atoms with Crippen LogP contribution < -0.4 is 5.32 Å². The molecular weight excluding hydrogens is 258 g/mol. The highest BCUT2D eigenvalue weighted by Crippen LogP contribution is 2.33. The van der Waals surface area contributed by atoms with Gasteiger partial charge in [-0.05, 0) is 45.8 Å². The van der Waals surface area contributed by atoms with Crippen molar-refractivity contribution in [1.82, 2.24) is 15.1 Å². The van der Waals surface area contributed by atoms with Gasteiger partial charge in [0.25, 0.3) is 0 Å². The van der Waals surface area contributed by atoms with Crippen LogP contribution in [0.4, 0.5) is 0 Å². The molecule has 3 unspecified atom stereocenters. The number of nitrogens with one attached hydrogen (secondary N) is 1. The van der Waals surface area contributed by atoms with Crippen molar-refractivity contribution in [2.75, 3.05) is 27.2 Å². The molecule has 3 atom stereocenters. The number of nitrogens with zero attached hydrogens (tertiary/aromatic N) is 2. The van der Waals surface area contributed by atoms with Gasteiger partial charge in [-0.3, -0.25) is 4.90 Å². The molecular formula is C18H29N3.